The third-order valence-corrected chi connectivity index (χ3v) is 6.34. The van der Waals surface area contributed by atoms with Gasteiger partial charge in [-0.1, -0.05) is 36.5 Å². The van der Waals surface area contributed by atoms with Gasteiger partial charge in [0, 0.05) is 23.9 Å². The van der Waals surface area contributed by atoms with Crippen molar-refractivity contribution in [3.05, 3.63) is 35.4 Å². The van der Waals surface area contributed by atoms with Gasteiger partial charge in [0.15, 0.2) is 0 Å². The van der Waals surface area contributed by atoms with Crippen molar-refractivity contribution in [1.82, 2.24) is 10.2 Å². The van der Waals surface area contributed by atoms with E-state index in [0.29, 0.717) is 24.4 Å². The predicted octanol–water partition coefficient (Wildman–Crippen LogP) is 1.12. The number of likely N-dealkylation sites (tertiary alicyclic amines) is 1. The van der Waals surface area contributed by atoms with Crippen LogP contribution in [-0.4, -0.2) is 52.9 Å². The van der Waals surface area contributed by atoms with E-state index in [-0.39, 0.29) is 23.7 Å². The van der Waals surface area contributed by atoms with E-state index in [2.05, 4.69) is 17.4 Å². The second kappa shape index (κ2) is 7.00. The number of nitrogens with zero attached hydrogens (tertiary/aromatic N) is 1. The second-order valence-corrected chi connectivity index (χ2v) is 7.98. The fourth-order valence-corrected chi connectivity index (χ4v) is 4.91. The Bertz CT molecular complexity index is 753. The largest absolute Gasteiger partial charge is 0.332 e. The molecule has 3 atom stereocenters. The highest BCUT2D eigenvalue weighted by Crippen LogP contribution is 2.32. The van der Waals surface area contributed by atoms with Crippen LogP contribution in [0, 0.1) is 11.8 Å². The van der Waals surface area contributed by atoms with Crippen molar-refractivity contribution in [1.29, 1.82) is 0 Å². The van der Waals surface area contributed by atoms with Gasteiger partial charge in [0.05, 0.1) is 12.0 Å². The van der Waals surface area contributed by atoms with Gasteiger partial charge in [-0.2, -0.15) is 0 Å². The van der Waals surface area contributed by atoms with Crippen LogP contribution in [0.1, 0.15) is 24.0 Å². The number of nitrogens with one attached hydrogen (secondary N) is 1. The van der Waals surface area contributed by atoms with Crippen LogP contribution in [0.3, 0.4) is 0 Å². The number of fused-ring (bicyclic) bond motifs is 1. The van der Waals surface area contributed by atoms with Gasteiger partial charge < -0.3 is 15.0 Å². The Balaban J connectivity index is 1.52. The Kier molecular flexibility index (Phi) is 4.71. The molecule has 0 bridgehead atoms. The molecule has 1 aromatic carbocycles. The second-order valence-electron chi connectivity index (χ2n) is 7.46. The Hall–Kier alpha value is -1.92. The van der Waals surface area contributed by atoms with Gasteiger partial charge in [0.1, 0.15) is 18.1 Å². The average Bonchev–Trinajstić information content (AvgIpc) is 3.37. The molecular formula is C20H22N2O3S. The molecule has 6 heteroatoms. The molecule has 26 heavy (non-hydrogen) atoms. The summed E-state index contributed by atoms with van der Waals surface area (Å²) in [7, 11) is 0. The number of hydrogen-bond acceptors (Lipinski definition) is 5. The van der Waals surface area contributed by atoms with Gasteiger partial charge in [-0.25, -0.2) is 0 Å². The van der Waals surface area contributed by atoms with Gasteiger partial charge in [0.2, 0.25) is 5.91 Å². The van der Waals surface area contributed by atoms with Crippen LogP contribution in [0.25, 0.3) is 0 Å². The summed E-state index contributed by atoms with van der Waals surface area (Å²) < 4.78 is 0. The fraction of sp³-hybridized carbons (Fsp3) is 0.500. The lowest BCUT2D eigenvalue weighted by Gasteiger charge is -2.27. The topological polar surface area (TPSA) is 66.5 Å². The molecule has 2 fully saturated rings. The molecule has 0 aromatic heterocycles. The Morgan fingerprint density at radius 3 is 2.54 bits per heavy atom. The van der Waals surface area contributed by atoms with E-state index in [0.717, 1.165) is 25.5 Å². The zero-order valence-corrected chi connectivity index (χ0v) is 15.3. The summed E-state index contributed by atoms with van der Waals surface area (Å²) in [5.74, 6) is -0.777. The molecular weight excluding hydrogens is 348 g/mol. The molecule has 0 spiro atoms. The summed E-state index contributed by atoms with van der Waals surface area (Å²) in [6.07, 6.45) is 3.79. The molecule has 2 aliphatic heterocycles. The number of carbonyl (C=O) groups excluding carboxylic acids is 3. The molecule has 136 valence electrons. The van der Waals surface area contributed by atoms with E-state index in [1.807, 2.05) is 12.1 Å². The smallest absolute Gasteiger partial charge is 0.241 e. The normalized spacial score (nSPS) is 28.4. The SMILES string of the molecule is O=C[C@@H]1CCCN1C(=O)[C@H]1NCC(=S)C1C(=O)C1Cc2ccccc2C1. The van der Waals surface area contributed by atoms with E-state index in [4.69, 9.17) is 12.2 Å². The van der Waals surface area contributed by atoms with Crippen molar-refractivity contribution in [3.63, 3.8) is 0 Å². The minimum atomic E-state index is -0.626. The molecule has 0 radical (unpaired) electrons. The molecule has 4 rings (SSSR count). The first-order valence-corrected chi connectivity index (χ1v) is 9.63. The first-order chi connectivity index (χ1) is 12.6. The number of carbonyl (C=O) groups is 3. The van der Waals surface area contributed by atoms with Crippen LogP contribution in [0.5, 0.6) is 0 Å². The molecule has 1 aliphatic carbocycles. The molecule has 2 saturated heterocycles. The minimum absolute atomic E-state index is 0.0661. The van der Waals surface area contributed by atoms with Gasteiger partial charge >= 0.3 is 0 Å². The summed E-state index contributed by atoms with van der Waals surface area (Å²) in [4.78, 5) is 39.7. The van der Waals surface area contributed by atoms with Gasteiger partial charge in [-0.05, 0) is 36.8 Å². The van der Waals surface area contributed by atoms with Crippen LogP contribution in [0.15, 0.2) is 24.3 Å². The van der Waals surface area contributed by atoms with Crippen LogP contribution in [0.2, 0.25) is 0 Å². The molecule has 1 N–H and O–H groups in total. The van der Waals surface area contributed by atoms with Crippen molar-refractivity contribution in [2.24, 2.45) is 11.8 Å². The van der Waals surface area contributed by atoms with Gasteiger partial charge in [0.25, 0.3) is 0 Å². The fourth-order valence-electron chi connectivity index (χ4n) is 4.58. The molecule has 1 unspecified atom stereocenters. The maximum Gasteiger partial charge on any atom is 0.241 e. The molecule has 0 saturated carbocycles. The number of thiocarbonyl (C=S) groups is 1. The number of aldehydes is 1. The standard InChI is InChI=1S/C20H22N2O3S/c23-11-15-6-3-7-22(15)20(25)18-17(16(26)10-21-18)19(24)14-8-12-4-1-2-5-13(12)9-14/h1-2,4-5,11,14-15,17-18,21H,3,6-10H2/t15-,17?,18-/m0/s1. The lowest BCUT2D eigenvalue weighted by molar-refractivity contribution is -0.139. The highest BCUT2D eigenvalue weighted by Gasteiger charge is 2.47. The molecule has 1 aromatic rings. The van der Waals surface area contributed by atoms with Crippen LogP contribution in [0.4, 0.5) is 0 Å². The summed E-state index contributed by atoms with van der Waals surface area (Å²) in [5, 5.41) is 3.13. The predicted molar refractivity (Wildman–Crippen MR) is 101 cm³/mol. The van der Waals surface area contributed by atoms with Crippen molar-refractivity contribution >= 4 is 35.1 Å². The number of Topliss-reactive ketones (excluding diaryl/α,β-unsaturated/α-hetero) is 1. The zero-order chi connectivity index (χ0) is 18.3. The maximum absolute atomic E-state index is 13.2. The van der Waals surface area contributed by atoms with Crippen LogP contribution < -0.4 is 5.32 Å². The van der Waals surface area contributed by atoms with Crippen LogP contribution in [-0.2, 0) is 27.2 Å². The molecule has 1 amide bonds. The molecule has 3 aliphatic rings. The van der Waals surface area contributed by atoms with Gasteiger partial charge in [-0.15, -0.1) is 0 Å². The summed E-state index contributed by atoms with van der Waals surface area (Å²) in [6.45, 7) is 0.977. The number of hydrogen-bond donors (Lipinski definition) is 1. The van der Waals surface area contributed by atoms with Gasteiger partial charge in [-0.3, -0.25) is 9.59 Å². The number of rotatable bonds is 4. The van der Waals surface area contributed by atoms with Crippen molar-refractivity contribution in [2.45, 2.75) is 37.8 Å². The summed E-state index contributed by atoms with van der Waals surface area (Å²) in [5.41, 5.74) is 2.43. The van der Waals surface area contributed by atoms with Crippen LogP contribution >= 0.6 is 12.2 Å². The Labute approximate surface area is 158 Å². The molecule has 2 heterocycles. The van der Waals surface area contributed by atoms with E-state index >= 15 is 0 Å². The number of benzene rings is 1. The summed E-state index contributed by atoms with van der Waals surface area (Å²) >= 11 is 5.44. The third-order valence-electron chi connectivity index (χ3n) is 5.94. The first kappa shape index (κ1) is 17.5. The quantitative estimate of drug-likeness (QED) is 0.636. The lowest BCUT2D eigenvalue weighted by atomic mass is 9.85. The first-order valence-electron chi connectivity index (χ1n) is 9.22. The third kappa shape index (κ3) is 2.91. The average molecular weight is 370 g/mol. The summed E-state index contributed by atoms with van der Waals surface area (Å²) in [6, 6.07) is 7.12. The zero-order valence-electron chi connectivity index (χ0n) is 14.5. The Morgan fingerprint density at radius 2 is 1.88 bits per heavy atom. The monoisotopic (exact) mass is 370 g/mol. The van der Waals surface area contributed by atoms with Crippen molar-refractivity contribution in [2.75, 3.05) is 13.1 Å². The lowest BCUT2D eigenvalue weighted by Crippen LogP contribution is -2.51. The van der Waals surface area contributed by atoms with E-state index in [1.54, 1.807) is 4.90 Å². The van der Waals surface area contributed by atoms with Crippen molar-refractivity contribution in [3.8, 4) is 0 Å². The Morgan fingerprint density at radius 1 is 1.19 bits per heavy atom. The van der Waals surface area contributed by atoms with Crippen molar-refractivity contribution < 1.29 is 14.4 Å². The van der Waals surface area contributed by atoms with E-state index in [1.165, 1.54) is 11.1 Å². The highest BCUT2D eigenvalue weighted by molar-refractivity contribution is 7.80. The maximum atomic E-state index is 13.2. The molecule has 5 nitrogen and oxygen atoms in total. The minimum Gasteiger partial charge on any atom is -0.332 e. The van der Waals surface area contributed by atoms with E-state index in [9.17, 15) is 14.4 Å². The number of ketones is 1. The number of amides is 1. The highest BCUT2D eigenvalue weighted by atomic mass is 32.1. The van der Waals surface area contributed by atoms with E-state index < -0.39 is 12.0 Å².